The normalized spacial score (nSPS) is 11.0. The van der Waals surface area contributed by atoms with Crippen LogP contribution < -0.4 is 5.30 Å². The first-order chi connectivity index (χ1) is 15.2. The highest BCUT2D eigenvalue weighted by Crippen LogP contribution is 2.29. The molecular formula is C29H24NP. The van der Waals surface area contributed by atoms with Gasteiger partial charge in [0.05, 0.1) is 5.52 Å². The van der Waals surface area contributed by atoms with E-state index in [0.29, 0.717) is 0 Å². The van der Waals surface area contributed by atoms with Crippen molar-refractivity contribution in [1.82, 2.24) is 4.98 Å². The number of aryl methyl sites for hydroxylation is 1. The van der Waals surface area contributed by atoms with Crippen LogP contribution in [-0.4, -0.2) is 4.98 Å². The van der Waals surface area contributed by atoms with Crippen LogP contribution in [0.1, 0.15) is 12.5 Å². The van der Waals surface area contributed by atoms with Crippen LogP contribution in [-0.2, 0) is 6.42 Å². The molecule has 0 saturated carbocycles. The molecule has 0 spiro atoms. The zero-order chi connectivity index (χ0) is 21.2. The molecule has 0 radical (unpaired) electrons. The summed E-state index contributed by atoms with van der Waals surface area (Å²) < 4.78 is 0. The molecule has 0 fully saturated rings. The van der Waals surface area contributed by atoms with E-state index in [9.17, 15) is 0 Å². The maximum Gasteiger partial charge on any atom is 0.0708 e. The summed E-state index contributed by atoms with van der Waals surface area (Å²) in [5.74, 6) is 0. The van der Waals surface area contributed by atoms with E-state index >= 15 is 0 Å². The van der Waals surface area contributed by atoms with Crippen molar-refractivity contribution in [2.24, 2.45) is 0 Å². The van der Waals surface area contributed by atoms with Gasteiger partial charge in [-0.05, 0) is 57.2 Å². The third kappa shape index (κ3) is 4.15. The van der Waals surface area contributed by atoms with E-state index in [4.69, 9.17) is 4.98 Å². The zero-order valence-corrected chi connectivity index (χ0v) is 18.7. The van der Waals surface area contributed by atoms with Gasteiger partial charge in [-0.2, -0.15) is 0 Å². The number of fused-ring (bicyclic) bond motifs is 1. The Kier molecular flexibility index (Phi) is 5.37. The van der Waals surface area contributed by atoms with Gasteiger partial charge in [0.2, 0.25) is 0 Å². The minimum absolute atomic E-state index is 1.02. The predicted octanol–water partition coefficient (Wildman–Crippen LogP) is 7.30. The number of hydrogen-bond acceptors (Lipinski definition) is 1. The van der Waals surface area contributed by atoms with Gasteiger partial charge < -0.3 is 0 Å². The Balaban J connectivity index is 1.43. The molecule has 31 heavy (non-hydrogen) atoms. The SMILES string of the molecule is CCc1ccc(-c2ccc3cc(-c4ccc(-c5ccc(P)cc5)cc4)cnc3c2)cc1. The monoisotopic (exact) mass is 417 g/mol. The Morgan fingerprint density at radius 1 is 0.581 bits per heavy atom. The Labute approximate surface area is 186 Å². The summed E-state index contributed by atoms with van der Waals surface area (Å²) in [7, 11) is 2.73. The lowest BCUT2D eigenvalue weighted by atomic mass is 9.99. The van der Waals surface area contributed by atoms with Crippen molar-refractivity contribution >= 4 is 25.4 Å². The lowest BCUT2D eigenvalue weighted by Crippen LogP contribution is -1.88. The molecule has 1 atom stereocenters. The molecule has 5 aromatic rings. The summed E-state index contributed by atoms with van der Waals surface area (Å²) in [5.41, 5.74) is 9.59. The average Bonchev–Trinajstić information content (AvgIpc) is 2.84. The van der Waals surface area contributed by atoms with Crippen LogP contribution in [0.25, 0.3) is 44.3 Å². The van der Waals surface area contributed by atoms with E-state index < -0.39 is 0 Å². The number of nitrogens with zero attached hydrogens (tertiary/aromatic N) is 1. The van der Waals surface area contributed by atoms with E-state index in [0.717, 1.165) is 22.9 Å². The first-order valence-electron chi connectivity index (χ1n) is 10.6. The van der Waals surface area contributed by atoms with Gasteiger partial charge in [0.25, 0.3) is 0 Å². The topological polar surface area (TPSA) is 12.9 Å². The van der Waals surface area contributed by atoms with Crippen molar-refractivity contribution in [2.45, 2.75) is 13.3 Å². The van der Waals surface area contributed by atoms with Crippen molar-refractivity contribution in [2.75, 3.05) is 0 Å². The molecule has 150 valence electrons. The summed E-state index contributed by atoms with van der Waals surface area (Å²) in [4.78, 5) is 4.77. The third-order valence-corrected chi connectivity index (χ3v) is 6.23. The fourth-order valence-electron chi connectivity index (χ4n) is 3.92. The largest absolute Gasteiger partial charge is 0.256 e. The second-order valence-electron chi connectivity index (χ2n) is 7.88. The van der Waals surface area contributed by atoms with Crippen molar-refractivity contribution in [1.29, 1.82) is 0 Å². The van der Waals surface area contributed by atoms with Gasteiger partial charge in [-0.25, -0.2) is 0 Å². The number of benzene rings is 4. The molecule has 0 aliphatic heterocycles. The van der Waals surface area contributed by atoms with Crippen LogP contribution in [0.2, 0.25) is 0 Å². The highest BCUT2D eigenvalue weighted by Gasteiger charge is 2.05. The molecule has 2 heteroatoms. The van der Waals surface area contributed by atoms with Gasteiger partial charge in [0.1, 0.15) is 0 Å². The van der Waals surface area contributed by atoms with Gasteiger partial charge in [-0.1, -0.05) is 91.9 Å². The lowest BCUT2D eigenvalue weighted by Gasteiger charge is -2.08. The molecule has 0 aliphatic rings. The minimum Gasteiger partial charge on any atom is -0.256 e. The van der Waals surface area contributed by atoms with Crippen molar-refractivity contribution in [3.05, 3.63) is 109 Å². The summed E-state index contributed by atoms with van der Waals surface area (Å²) in [6.07, 6.45) is 3.04. The summed E-state index contributed by atoms with van der Waals surface area (Å²) in [6.45, 7) is 2.18. The molecule has 0 amide bonds. The molecule has 4 aromatic carbocycles. The van der Waals surface area contributed by atoms with E-state index in [1.807, 2.05) is 6.20 Å². The predicted molar refractivity (Wildman–Crippen MR) is 137 cm³/mol. The number of rotatable bonds is 4. The minimum atomic E-state index is 1.02. The Morgan fingerprint density at radius 3 is 1.74 bits per heavy atom. The quantitative estimate of drug-likeness (QED) is 0.280. The molecule has 0 bridgehead atoms. The summed E-state index contributed by atoms with van der Waals surface area (Å²) in [6, 6.07) is 34.8. The second kappa shape index (κ2) is 8.46. The Morgan fingerprint density at radius 2 is 1.10 bits per heavy atom. The molecule has 1 aromatic heterocycles. The van der Waals surface area contributed by atoms with Gasteiger partial charge in [-0.15, -0.1) is 9.24 Å². The van der Waals surface area contributed by atoms with Crippen molar-refractivity contribution in [3.63, 3.8) is 0 Å². The Hall–Kier alpha value is -3.28. The van der Waals surface area contributed by atoms with Crippen molar-refractivity contribution < 1.29 is 0 Å². The molecule has 1 heterocycles. The molecule has 0 saturated heterocycles. The fraction of sp³-hybridized carbons (Fsp3) is 0.0690. The first-order valence-corrected chi connectivity index (χ1v) is 11.2. The van der Waals surface area contributed by atoms with Crippen LogP contribution in [0.4, 0.5) is 0 Å². The van der Waals surface area contributed by atoms with Crippen LogP contribution in [0, 0.1) is 0 Å². The zero-order valence-electron chi connectivity index (χ0n) is 17.5. The number of aromatic nitrogens is 1. The third-order valence-electron chi connectivity index (χ3n) is 5.84. The molecule has 1 unspecified atom stereocenters. The van der Waals surface area contributed by atoms with E-state index in [-0.39, 0.29) is 0 Å². The Bertz CT molecular complexity index is 1340. The second-order valence-corrected chi connectivity index (χ2v) is 8.55. The fourth-order valence-corrected chi connectivity index (χ4v) is 4.11. The molecule has 0 aliphatic carbocycles. The smallest absolute Gasteiger partial charge is 0.0708 e. The maximum atomic E-state index is 4.77. The van der Waals surface area contributed by atoms with Gasteiger partial charge >= 0.3 is 0 Å². The van der Waals surface area contributed by atoms with Gasteiger partial charge in [0.15, 0.2) is 0 Å². The molecule has 1 nitrogen and oxygen atoms in total. The molecule has 5 rings (SSSR count). The molecular weight excluding hydrogens is 393 g/mol. The lowest BCUT2D eigenvalue weighted by molar-refractivity contribution is 1.14. The summed E-state index contributed by atoms with van der Waals surface area (Å²) >= 11 is 0. The number of pyridine rings is 1. The number of hydrogen-bond donors (Lipinski definition) is 0. The van der Waals surface area contributed by atoms with Crippen LogP contribution in [0.3, 0.4) is 0 Å². The van der Waals surface area contributed by atoms with Crippen LogP contribution in [0.5, 0.6) is 0 Å². The van der Waals surface area contributed by atoms with Crippen molar-refractivity contribution in [3.8, 4) is 33.4 Å². The highest BCUT2D eigenvalue weighted by molar-refractivity contribution is 7.27. The van der Waals surface area contributed by atoms with Crippen LogP contribution >= 0.6 is 9.24 Å². The van der Waals surface area contributed by atoms with Gasteiger partial charge in [0, 0.05) is 17.1 Å². The first kappa shape index (κ1) is 19.7. The standard InChI is InChI=1S/C29H24NP/c1-2-20-3-5-23(6-4-20)25-11-12-26-17-27(19-30-29(26)18-25)24-9-7-21(8-10-24)22-13-15-28(31)16-14-22/h3-19H,2,31H2,1H3. The maximum absolute atomic E-state index is 4.77. The van der Waals surface area contributed by atoms with Gasteiger partial charge in [-0.3, -0.25) is 4.98 Å². The summed E-state index contributed by atoms with van der Waals surface area (Å²) in [5, 5.41) is 2.36. The van der Waals surface area contributed by atoms with E-state index in [1.165, 1.54) is 38.7 Å². The highest BCUT2D eigenvalue weighted by atomic mass is 31.0. The van der Waals surface area contributed by atoms with Crippen LogP contribution in [0.15, 0.2) is 103 Å². The van der Waals surface area contributed by atoms with E-state index in [2.05, 4.69) is 113 Å². The average molecular weight is 417 g/mol. The molecule has 0 N–H and O–H groups in total. The van der Waals surface area contributed by atoms with E-state index in [1.54, 1.807) is 0 Å².